The van der Waals surface area contributed by atoms with Crippen molar-refractivity contribution in [1.82, 2.24) is 4.98 Å². The number of ether oxygens (including phenoxy) is 2. The van der Waals surface area contributed by atoms with Gasteiger partial charge in [-0.25, -0.2) is 14.2 Å². The molecule has 0 bridgehead atoms. The molecule has 0 aliphatic carbocycles. The number of nitrogens with zero attached hydrogens (tertiary/aromatic N) is 2. The largest absolute Gasteiger partial charge is 0.474 e. The Morgan fingerprint density at radius 3 is 2.55 bits per heavy atom. The van der Waals surface area contributed by atoms with E-state index in [0.717, 1.165) is 17.4 Å². The highest BCUT2D eigenvalue weighted by Crippen LogP contribution is 2.34. The smallest absolute Gasteiger partial charge is 0.415 e. The summed E-state index contributed by atoms with van der Waals surface area (Å²) >= 11 is 0. The number of aromatic nitrogens is 1. The number of hydrogen-bond acceptors (Lipinski definition) is 7. The van der Waals surface area contributed by atoms with E-state index in [0.29, 0.717) is 12.1 Å². The summed E-state index contributed by atoms with van der Waals surface area (Å²) < 4.78 is 52.2. The van der Waals surface area contributed by atoms with Crippen LogP contribution in [0.3, 0.4) is 0 Å². The topological polar surface area (TPSA) is 95.0 Å². The third-order valence-electron chi connectivity index (χ3n) is 4.31. The fraction of sp³-hybridized carbons (Fsp3) is 0.429. The summed E-state index contributed by atoms with van der Waals surface area (Å²) in [5.41, 5.74) is 1.20. The molecule has 2 heterocycles. The van der Waals surface area contributed by atoms with E-state index in [9.17, 15) is 17.6 Å². The molecule has 10 heteroatoms. The molecule has 3 rings (SSSR count). The van der Waals surface area contributed by atoms with E-state index in [-0.39, 0.29) is 24.9 Å². The number of amides is 1. The van der Waals surface area contributed by atoms with E-state index in [4.69, 9.17) is 13.7 Å². The van der Waals surface area contributed by atoms with E-state index < -0.39 is 27.9 Å². The van der Waals surface area contributed by atoms with E-state index in [2.05, 4.69) is 4.98 Å². The molecule has 1 amide bonds. The minimum atomic E-state index is -3.72. The van der Waals surface area contributed by atoms with E-state index in [1.807, 2.05) is 0 Å². The molecular weight excluding hydrogens is 427 g/mol. The standard InChI is InChI=1S/C21H25FN2O6S/c1-21(2,3)30-20(25)24-17(13-29-31(4,26)27)12-28-19-18(24)10-15(11-23-19)9-14-5-7-16(22)8-6-14/h5-8,10-11,17H,9,12-13H2,1-4H3/t17-/m1/s1. The predicted octanol–water partition coefficient (Wildman–Crippen LogP) is 3.29. The number of benzene rings is 1. The Labute approximate surface area is 181 Å². The molecule has 31 heavy (non-hydrogen) atoms. The number of carbonyl (C=O) groups excluding carboxylic acids is 1. The molecular formula is C21H25FN2O6S. The second kappa shape index (κ2) is 8.80. The molecule has 1 aliphatic rings. The first kappa shape index (κ1) is 23.0. The molecule has 1 aromatic heterocycles. The first-order chi connectivity index (χ1) is 14.4. The van der Waals surface area contributed by atoms with Crippen molar-refractivity contribution in [2.45, 2.75) is 38.8 Å². The van der Waals surface area contributed by atoms with Gasteiger partial charge in [0.1, 0.15) is 23.7 Å². The molecule has 2 aromatic rings. The summed E-state index contributed by atoms with van der Waals surface area (Å²) in [6.45, 7) is 4.90. The monoisotopic (exact) mass is 452 g/mol. The van der Waals surface area contributed by atoms with Gasteiger partial charge < -0.3 is 9.47 Å². The van der Waals surface area contributed by atoms with Crippen LogP contribution in [0.2, 0.25) is 0 Å². The summed E-state index contributed by atoms with van der Waals surface area (Å²) in [6, 6.07) is 7.06. The van der Waals surface area contributed by atoms with Crippen molar-refractivity contribution in [2.24, 2.45) is 0 Å². The summed E-state index contributed by atoms with van der Waals surface area (Å²) in [6.07, 6.45) is 2.33. The lowest BCUT2D eigenvalue weighted by molar-refractivity contribution is 0.0524. The Balaban J connectivity index is 1.93. The van der Waals surface area contributed by atoms with Gasteiger partial charge in [0.05, 0.1) is 18.9 Å². The quantitative estimate of drug-likeness (QED) is 0.643. The highest BCUT2D eigenvalue weighted by Gasteiger charge is 2.37. The molecule has 1 aliphatic heterocycles. The van der Waals surface area contributed by atoms with Gasteiger partial charge >= 0.3 is 6.09 Å². The second-order valence-electron chi connectivity index (χ2n) is 8.27. The van der Waals surface area contributed by atoms with Gasteiger partial charge in [-0.05, 0) is 56.5 Å². The molecule has 0 radical (unpaired) electrons. The number of pyridine rings is 1. The van der Waals surface area contributed by atoms with Crippen LogP contribution in [0.1, 0.15) is 31.9 Å². The number of anilines is 1. The van der Waals surface area contributed by atoms with Crippen molar-refractivity contribution in [3.05, 3.63) is 53.5 Å². The van der Waals surface area contributed by atoms with Crippen LogP contribution in [0.5, 0.6) is 5.88 Å². The zero-order valence-corrected chi connectivity index (χ0v) is 18.6. The van der Waals surface area contributed by atoms with Crippen molar-refractivity contribution < 1.29 is 31.3 Å². The van der Waals surface area contributed by atoms with Crippen LogP contribution in [-0.2, 0) is 25.5 Å². The molecule has 0 spiro atoms. The average molecular weight is 453 g/mol. The highest BCUT2D eigenvalue weighted by molar-refractivity contribution is 7.85. The van der Waals surface area contributed by atoms with Crippen molar-refractivity contribution in [2.75, 3.05) is 24.4 Å². The van der Waals surface area contributed by atoms with Crippen LogP contribution >= 0.6 is 0 Å². The van der Waals surface area contributed by atoms with Crippen molar-refractivity contribution in [1.29, 1.82) is 0 Å². The third-order valence-corrected chi connectivity index (χ3v) is 4.88. The summed E-state index contributed by atoms with van der Waals surface area (Å²) in [7, 11) is -3.72. The van der Waals surface area contributed by atoms with Crippen LogP contribution in [-0.4, -0.2) is 50.6 Å². The number of rotatable bonds is 5. The van der Waals surface area contributed by atoms with E-state index in [1.165, 1.54) is 17.0 Å². The maximum atomic E-state index is 13.2. The van der Waals surface area contributed by atoms with Crippen LogP contribution in [0.25, 0.3) is 0 Å². The summed E-state index contributed by atoms with van der Waals surface area (Å²) in [5, 5.41) is 0. The Bertz CT molecular complexity index is 1050. The van der Waals surface area contributed by atoms with E-state index in [1.54, 1.807) is 45.2 Å². The lowest BCUT2D eigenvalue weighted by atomic mass is 10.1. The summed E-state index contributed by atoms with van der Waals surface area (Å²) in [4.78, 5) is 18.6. The molecule has 8 nitrogen and oxygen atoms in total. The van der Waals surface area contributed by atoms with Crippen molar-refractivity contribution in [3.63, 3.8) is 0 Å². The second-order valence-corrected chi connectivity index (χ2v) is 9.92. The molecule has 0 unspecified atom stereocenters. The SMILES string of the molecule is CC(C)(C)OC(=O)N1c2cc(Cc3ccc(F)cc3)cnc2OC[C@@H]1COS(C)(=O)=O. The normalized spacial score (nSPS) is 16.4. The first-order valence-electron chi connectivity index (χ1n) is 9.64. The Hall–Kier alpha value is -2.72. The number of fused-ring (bicyclic) bond motifs is 1. The average Bonchev–Trinajstić information content (AvgIpc) is 2.65. The van der Waals surface area contributed by atoms with E-state index >= 15 is 0 Å². The summed E-state index contributed by atoms with van der Waals surface area (Å²) in [5.74, 6) is -0.102. The van der Waals surface area contributed by atoms with Crippen LogP contribution in [0.4, 0.5) is 14.9 Å². The fourth-order valence-corrected chi connectivity index (χ4v) is 3.43. The van der Waals surface area contributed by atoms with Crippen LogP contribution < -0.4 is 9.64 Å². The molecule has 168 valence electrons. The number of hydrogen-bond donors (Lipinski definition) is 0. The lowest BCUT2D eigenvalue weighted by Gasteiger charge is -2.36. The molecule has 1 aromatic carbocycles. The molecule has 0 N–H and O–H groups in total. The van der Waals surface area contributed by atoms with Gasteiger partial charge in [-0.15, -0.1) is 0 Å². The zero-order chi connectivity index (χ0) is 22.8. The number of halogens is 1. The van der Waals surface area contributed by atoms with Gasteiger partial charge in [0.2, 0.25) is 5.88 Å². The van der Waals surface area contributed by atoms with Gasteiger partial charge in [-0.1, -0.05) is 12.1 Å². The fourth-order valence-electron chi connectivity index (χ4n) is 3.03. The minimum absolute atomic E-state index is 0.00787. The number of carbonyl (C=O) groups is 1. The Morgan fingerprint density at radius 2 is 1.94 bits per heavy atom. The first-order valence-corrected chi connectivity index (χ1v) is 11.5. The van der Waals surface area contributed by atoms with Gasteiger partial charge in [0.25, 0.3) is 10.1 Å². The lowest BCUT2D eigenvalue weighted by Crippen LogP contribution is -2.51. The van der Waals surface area contributed by atoms with Gasteiger partial charge in [0, 0.05) is 6.20 Å². The zero-order valence-electron chi connectivity index (χ0n) is 17.8. The predicted molar refractivity (Wildman–Crippen MR) is 112 cm³/mol. The Morgan fingerprint density at radius 1 is 1.26 bits per heavy atom. The van der Waals surface area contributed by atoms with Crippen LogP contribution in [0, 0.1) is 5.82 Å². The van der Waals surface area contributed by atoms with Gasteiger partial charge in [-0.2, -0.15) is 8.42 Å². The molecule has 0 saturated heterocycles. The Kier molecular flexibility index (Phi) is 6.51. The van der Waals surface area contributed by atoms with Crippen LogP contribution in [0.15, 0.2) is 36.5 Å². The van der Waals surface area contributed by atoms with Crippen molar-refractivity contribution >= 4 is 21.9 Å². The minimum Gasteiger partial charge on any atom is -0.474 e. The molecule has 0 fully saturated rings. The molecule has 1 atom stereocenters. The maximum absolute atomic E-state index is 13.2. The van der Waals surface area contributed by atoms with Gasteiger partial charge in [-0.3, -0.25) is 9.08 Å². The highest BCUT2D eigenvalue weighted by atomic mass is 32.2. The van der Waals surface area contributed by atoms with Gasteiger partial charge in [0.15, 0.2) is 0 Å². The van der Waals surface area contributed by atoms with Crippen molar-refractivity contribution in [3.8, 4) is 5.88 Å². The molecule has 0 saturated carbocycles. The third kappa shape index (κ3) is 6.38. The maximum Gasteiger partial charge on any atom is 0.415 e.